The number of benzene rings is 3. The van der Waals surface area contributed by atoms with Crippen molar-refractivity contribution in [3.63, 3.8) is 0 Å². The first-order chi connectivity index (χ1) is 16.3. The highest BCUT2D eigenvalue weighted by atomic mass is 32.2. The van der Waals surface area contributed by atoms with Gasteiger partial charge in [-0.25, -0.2) is 13.2 Å². The minimum atomic E-state index is -3.67. The zero-order valence-electron chi connectivity index (χ0n) is 19.1. The van der Waals surface area contributed by atoms with Gasteiger partial charge in [-0.2, -0.15) is 4.31 Å². The summed E-state index contributed by atoms with van der Waals surface area (Å²) < 4.78 is 32.3. The molecule has 7 nitrogen and oxygen atoms in total. The van der Waals surface area contributed by atoms with Crippen molar-refractivity contribution in [2.45, 2.75) is 37.1 Å². The van der Waals surface area contributed by atoms with Crippen LogP contribution >= 0.6 is 0 Å². The molecule has 1 unspecified atom stereocenters. The zero-order chi connectivity index (χ0) is 24.1. The third-order valence-corrected chi connectivity index (χ3v) is 7.90. The summed E-state index contributed by atoms with van der Waals surface area (Å²) >= 11 is 0. The highest BCUT2D eigenvalue weighted by molar-refractivity contribution is 7.89. The van der Waals surface area contributed by atoms with E-state index in [0.29, 0.717) is 13.1 Å². The fourth-order valence-corrected chi connectivity index (χ4v) is 5.66. The van der Waals surface area contributed by atoms with Crippen molar-refractivity contribution in [1.29, 1.82) is 0 Å². The number of amides is 1. The van der Waals surface area contributed by atoms with E-state index in [-0.39, 0.29) is 16.5 Å². The lowest BCUT2D eigenvalue weighted by molar-refractivity contribution is -0.124. The number of carbonyl (C=O) groups excluding carboxylic acids is 2. The minimum absolute atomic E-state index is 0.0539. The quantitative estimate of drug-likeness (QED) is 0.515. The molecule has 0 aromatic heterocycles. The van der Waals surface area contributed by atoms with Crippen LogP contribution in [0.1, 0.15) is 48.1 Å². The van der Waals surface area contributed by atoms with Crippen molar-refractivity contribution in [2.24, 2.45) is 0 Å². The van der Waals surface area contributed by atoms with Crippen LogP contribution in [-0.4, -0.2) is 44.3 Å². The zero-order valence-corrected chi connectivity index (χ0v) is 19.9. The van der Waals surface area contributed by atoms with Gasteiger partial charge < -0.3 is 10.1 Å². The molecule has 0 bridgehead atoms. The molecule has 1 amide bonds. The van der Waals surface area contributed by atoms with Crippen molar-refractivity contribution in [1.82, 2.24) is 9.62 Å². The van der Waals surface area contributed by atoms with E-state index in [1.54, 1.807) is 0 Å². The molecular formula is C26H28N2O5S. The topological polar surface area (TPSA) is 92.8 Å². The summed E-state index contributed by atoms with van der Waals surface area (Å²) in [4.78, 5) is 24.9. The van der Waals surface area contributed by atoms with E-state index in [9.17, 15) is 18.0 Å². The molecule has 0 spiro atoms. The number of esters is 1. The summed E-state index contributed by atoms with van der Waals surface area (Å²) in [6, 6.07) is 19.4. The van der Waals surface area contributed by atoms with Crippen molar-refractivity contribution < 1.29 is 22.7 Å². The molecule has 0 saturated carbocycles. The van der Waals surface area contributed by atoms with Crippen LogP contribution in [0.3, 0.4) is 0 Å². The maximum absolute atomic E-state index is 12.9. The van der Waals surface area contributed by atoms with Crippen molar-refractivity contribution in [3.8, 4) is 0 Å². The summed E-state index contributed by atoms with van der Waals surface area (Å²) in [5.74, 6) is -1.18. The minimum Gasteiger partial charge on any atom is -0.452 e. The molecule has 1 N–H and O–H groups in total. The summed E-state index contributed by atoms with van der Waals surface area (Å²) in [5.41, 5.74) is 1.03. The molecule has 1 heterocycles. The number of fused-ring (bicyclic) bond motifs is 1. The molecule has 1 saturated heterocycles. The van der Waals surface area contributed by atoms with Gasteiger partial charge in [0.25, 0.3) is 5.91 Å². The Morgan fingerprint density at radius 1 is 0.941 bits per heavy atom. The molecule has 178 valence electrons. The van der Waals surface area contributed by atoms with Crippen LogP contribution in [0.25, 0.3) is 10.8 Å². The molecule has 0 aliphatic carbocycles. The average Bonchev–Trinajstić information content (AvgIpc) is 2.87. The number of ether oxygens (including phenoxy) is 1. The van der Waals surface area contributed by atoms with E-state index in [1.807, 2.05) is 49.4 Å². The number of hydrogen-bond donors (Lipinski definition) is 1. The largest absolute Gasteiger partial charge is 0.452 e. The number of carbonyl (C=O) groups is 2. The van der Waals surface area contributed by atoms with Gasteiger partial charge in [0.05, 0.1) is 16.5 Å². The molecule has 8 heteroatoms. The highest BCUT2D eigenvalue weighted by Crippen LogP contribution is 2.22. The molecule has 34 heavy (non-hydrogen) atoms. The fraction of sp³-hybridized carbons (Fsp3) is 0.308. The van der Waals surface area contributed by atoms with E-state index < -0.39 is 28.5 Å². The lowest BCUT2D eigenvalue weighted by Crippen LogP contribution is -2.35. The van der Waals surface area contributed by atoms with Crippen LogP contribution < -0.4 is 5.32 Å². The average molecular weight is 481 g/mol. The molecule has 3 aromatic carbocycles. The number of piperidine rings is 1. The SMILES string of the molecule is CC(NC(=O)COC(=O)c1cccc(S(=O)(=O)N2CCCCC2)c1)c1ccc2ccccc2c1. The van der Waals surface area contributed by atoms with Gasteiger partial charge in [0.15, 0.2) is 6.61 Å². The third-order valence-electron chi connectivity index (χ3n) is 6.01. The van der Waals surface area contributed by atoms with Gasteiger partial charge in [-0.15, -0.1) is 0 Å². The van der Waals surface area contributed by atoms with Crippen LogP contribution in [0.15, 0.2) is 71.6 Å². The van der Waals surface area contributed by atoms with Gasteiger partial charge >= 0.3 is 5.97 Å². The Bertz CT molecular complexity index is 1300. The Morgan fingerprint density at radius 2 is 1.68 bits per heavy atom. The van der Waals surface area contributed by atoms with E-state index in [1.165, 1.54) is 28.6 Å². The van der Waals surface area contributed by atoms with Crippen LogP contribution in [0.2, 0.25) is 0 Å². The smallest absolute Gasteiger partial charge is 0.338 e. The summed E-state index contributed by atoms with van der Waals surface area (Å²) in [6.45, 7) is 2.36. The molecule has 1 fully saturated rings. The van der Waals surface area contributed by atoms with Crippen LogP contribution in [-0.2, 0) is 19.6 Å². The third kappa shape index (κ3) is 5.46. The van der Waals surface area contributed by atoms with E-state index in [0.717, 1.165) is 35.6 Å². The molecule has 1 aliphatic heterocycles. The maximum atomic E-state index is 12.9. The van der Waals surface area contributed by atoms with Gasteiger partial charge in [-0.3, -0.25) is 4.79 Å². The predicted octanol–water partition coefficient (Wildman–Crippen LogP) is 4.05. The van der Waals surface area contributed by atoms with Gasteiger partial charge in [0, 0.05) is 13.1 Å². The van der Waals surface area contributed by atoms with E-state index in [2.05, 4.69) is 5.32 Å². The Kier molecular flexibility index (Phi) is 7.29. The van der Waals surface area contributed by atoms with Crippen LogP contribution in [0, 0.1) is 0 Å². The first-order valence-corrected chi connectivity index (χ1v) is 12.8. The molecule has 1 aliphatic rings. The number of hydrogen-bond acceptors (Lipinski definition) is 5. The molecular weight excluding hydrogens is 452 g/mol. The van der Waals surface area contributed by atoms with Crippen molar-refractivity contribution >= 4 is 32.7 Å². The number of nitrogens with zero attached hydrogens (tertiary/aromatic N) is 1. The highest BCUT2D eigenvalue weighted by Gasteiger charge is 2.26. The maximum Gasteiger partial charge on any atom is 0.338 e. The fourth-order valence-electron chi connectivity index (χ4n) is 4.10. The summed E-state index contributed by atoms with van der Waals surface area (Å²) in [7, 11) is -3.67. The molecule has 3 aromatic rings. The van der Waals surface area contributed by atoms with Crippen LogP contribution in [0.5, 0.6) is 0 Å². The lowest BCUT2D eigenvalue weighted by Gasteiger charge is -2.25. The molecule has 4 rings (SSSR count). The van der Waals surface area contributed by atoms with Gasteiger partial charge in [-0.05, 0) is 60.4 Å². The Hall–Kier alpha value is -3.23. The van der Waals surface area contributed by atoms with E-state index in [4.69, 9.17) is 4.74 Å². The van der Waals surface area contributed by atoms with Gasteiger partial charge in [-0.1, -0.05) is 48.9 Å². The predicted molar refractivity (Wildman–Crippen MR) is 130 cm³/mol. The second-order valence-electron chi connectivity index (χ2n) is 8.46. The number of rotatable bonds is 7. The van der Waals surface area contributed by atoms with Crippen molar-refractivity contribution in [3.05, 3.63) is 77.9 Å². The normalized spacial score (nSPS) is 15.6. The first kappa shape index (κ1) is 23.9. The molecule has 1 atom stereocenters. The first-order valence-electron chi connectivity index (χ1n) is 11.4. The number of sulfonamides is 1. The standard InChI is InChI=1S/C26H28N2O5S/c1-19(21-13-12-20-8-3-4-9-22(20)16-21)27-25(29)18-33-26(30)23-10-7-11-24(17-23)34(31,32)28-14-5-2-6-15-28/h3-4,7-13,16-17,19H,2,5-6,14-15,18H2,1H3,(H,27,29). The Morgan fingerprint density at radius 3 is 2.44 bits per heavy atom. The monoisotopic (exact) mass is 480 g/mol. The molecule has 0 radical (unpaired) electrons. The van der Waals surface area contributed by atoms with Crippen LogP contribution in [0.4, 0.5) is 0 Å². The van der Waals surface area contributed by atoms with Gasteiger partial charge in [0.2, 0.25) is 10.0 Å². The summed E-state index contributed by atoms with van der Waals surface area (Å²) in [6.07, 6.45) is 2.67. The Balaban J connectivity index is 1.35. The van der Waals surface area contributed by atoms with Gasteiger partial charge in [0.1, 0.15) is 0 Å². The lowest BCUT2D eigenvalue weighted by atomic mass is 10.0. The summed E-state index contributed by atoms with van der Waals surface area (Å²) in [5, 5.41) is 5.02. The van der Waals surface area contributed by atoms with E-state index >= 15 is 0 Å². The Labute approximate surface area is 199 Å². The second-order valence-corrected chi connectivity index (χ2v) is 10.4. The second kappa shape index (κ2) is 10.4. The number of nitrogens with one attached hydrogen (secondary N) is 1. The van der Waals surface area contributed by atoms with Crippen molar-refractivity contribution in [2.75, 3.05) is 19.7 Å².